The Labute approximate surface area is 160 Å². The molecule has 2 amide bonds. The Morgan fingerprint density at radius 2 is 2.04 bits per heavy atom. The number of halogens is 2. The largest absolute Gasteiger partial charge is 0.345 e. The topological polar surface area (TPSA) is 49.4 Å². The molecule has 0 spiro atoms. The Bertz CT molecular complexity index is 813. The highest BCUT2D eigenvalue weighted by Crippen LogP contribution is 2.28. The molecule has 2 unspecified atom stereocenters. The zero-order valence-corrected chi connectivity index (χ0v) is 16.0. The van der Waals surface area contributed by atoms with Crippen LogP contribution in [0.25, 0.3) is 0 Å². The van der Waals surface area contributed by atoms with E-state index < -0.39 is 17.8 Å². The third kappa shape index (κ3) is 3.96. The molecule has 0 aliphatic carbocycles. The molecule has 136 valence electrons. The SMILES string of the molecule is CCN1CC(C(=O)NC(c2ccccc2)c2ccc(Br)cc2F)CC1=O. The highest BCUT2D eigenvalue weighted by atomic mass is 79.9. The number of rotatable bonds is 5. The van der Waals surface area contributed by atoms with E-state index in [9.17, 15) is 14.0 Å². The second-order valence-corrected chi connectivity index (χ2v) is 7.27. The van der Waals surface area contributed by atoms with E-state index in [0.29, 0.717) is 23.1 Å². The van der Waals surface area contributed by atoms with Crippen molar-refractivity contribution in [1.82, 2.24) is 10.2 Å². The standard InChI is InChI=1S/C20H20BrFN2O2/c1-2-24-12-14(10-18(24)25)20(26)23-19(13-6-4-3-5-7-13)16-9-8-15(21)11-17(16)22/h3-9,11,14,19H,2,10,12H2,1H3,(H,23,26). The molecule has 1 aliphatic heterocycles. The molecule has 1 N–H and O–H groups in total. The van der Waals surface area contributed by atoms with Crippen LogP contribution < -0.4 is 5.32 Å². The fourth-order valence-electron chi connectivity index (χ4n) is 3.24. The number of amides is 2. The highest BCUT2D eigenvalue weighted by Gasteiger charge is 2.34. The quantitative estimate of drug-likeness (QED) is 0.805. The van der Waals surface area contributed by atoms with Gasteiger partial charge in [-0.15, -0.1) is 0 Å². The number of nitrogens with zero attached hydrogens (tertiary/aromatic N) is 1. The van der Waals surface area contributed by atoms with Crippen LogP contribution in [0.2, 0.25) is 0 Å². The van der Waals surface area contributed by atoms with E-state index in [1.54, 1.807) is 17.0 Å². The first-order valence-electron chi connectivity index (χ1n) is 8.57. The van der Waals surface area contributed by atoms with Gasteiger partial charge in [-0.1, -0.05) is 52.3 Å². The van der Waals surface area contributed by atoms with E-state index in [1.165, 1.54) is 6.07 Å². The molecule has 26 heavy (non-hydrogen) atoms. The summed E-state index contributed by atoms with van der Waals surface area (Å²) in [6, 6.07) is 13.5. The van der Waals surface area contributed by atoms with Gasteiger partial charge in [-0.2, -0.15) is 0 Å². The first-order valence-corrected chi connectivity index (χ1v) is 9.37. The van der Waals surface area contributed by atoms with Crippen LogP contribution >= 0.6 is 15.9 Å². The van der Waals surface area contributed by atoms with Gasteiger partial charge in [-0.3, -0.25) is 9.59 Å². The first-order chi connectivity index (χ1) is 12.5. The molecule has 4 nitrogen and oxygen atoms in total. The van der Waals surface area contributed by atoms with Crippen LogP contribution in [0.3, 0.4) is 0 Å². The maximum Gasteiger partial charge on any atom is 0.226 e. The van der Waals surface area contributed by atoms with Gasteiger partial charge in [0.15, 0.2) is 0 Å². The van der Waals surface area contributed by atoms with Crippen molar-refractivity contribution in [3.05, 3.63) is 69.9 Å². The van der Waals surface area contributed by atoms with Gasteiger partial charge < -0.3 is 10.2 Å². The molecule has 1 aliphatic rings. The normalized spacial score (nSPS) is 18.0. The Morgan fingerprint density at radius 3 is 2.65 bits per heavy atom. The van der Waals surface area contributed by atoms with Gasteiger partial charge in [0.1, 0.15) is 5.82 Å². The molecule has 0 radical (unpaired) electrons. The summed E-state index contributed by atoms with van der Waals surface area (Å²) < 4.78 is 15.2. The molecular formula is C20H20BrFN2O2. The van der Waals surface area contributed by atoms with Crippen LogP contribution in [0, 0.1) is 11.7 Å². The van der Waals surface area contributed by atoms with Crippen molar-refractivity contribution in [3.63, 3.8) is 0 Å². The maximum atomic E-state index is 14.5. The summed E-state index contributed by atoms with van der Waals surface area (Å²) in [5.74, 6) is -1.05. The van der Waals surface area contributed by atoms with Gasteiger partial charge in [0, 0.05) is 29.5 Å². The number of nitrogens with one attached hydrogen (secondary N) is 1. The van der Waals surface area contributed by atoms with Gasteiger partial charge in [0.05, 0.1) is 12.0 Å². The summed E-state index contributed by atoms with van der Waals surface area (Å²) in [6.07, 6.45) is 0.198. The van der Waals surface area contributed by atoms with E-state index in [-0.39, 0.29) is 18.2 Å². The lowest BCUT2D eigenvalue weighted by molar-refractivity contribution is -0.129. The average molecular weight is 419 g/mol. The lowest BCUT2D eigenvalue weighted by Gasteiger charge is -2.22. The van der Waals surface area contributed by atoms with Crippen LogP contribution in [0.5, 0.6) is 0 Å². The lowest BCUT2D eigenvalue weighted by atomic mass is 9.97. The molecule has 2 aromatic rings. The minimum atomic E-state index is -0.609. The van der Waals surface area contributed by atoms with Crippen LogP contribution in [0.1, 0.15) is 30.5 Å². The van der Waals surface area contributed by atoms with Crippen LogP contribution in [0.4, 0.5) is 4.39 Å². The van der Waals surface area contributed by atoms with Crippen molar-refractivity contribution in [2.45, 2.75) is 19.4 Å². The number of likely N-dealkylation sites (tertiary alicyclic amines) is 1. The Hall–Kier alpha value is -2.21. The smallest absolute Gasteiger partial charge is 0.226 e. The Kier molecular flexibility index (Phi) is 5.71. The molecule has 1 heterocycles. The summed E-state index contributed by atoms with van der Waals surface area (Å²) in [5.41, 5.74) is 1.18. The molecule has 0 bridgehead atoms. The predicted molar refractivity (Wildman–Crippen MR) is 101 cm³/mol. The third-order valence-corrected chi connectivity index (χ3v) is 5.15. The first kappa shape index (κ1) is 18.6. The van der Waals surface area contributed by atoms with Crippen molar-refractivity contribution in [1.29, 1.82) is 0 Å². The van der Waals surface area contributed by atoms with E-state index in [4.69, 9.17) is 0 Å². The predicted octanol–water partition coefficient (Wildman–Crippen LogP) is 3.66. The zero-order valence-electron chi connectivity index (χ0n) is 14.4. The van der Waals surface area contributed by atoms with Crippen LogP contribution in [-0.2, 0) is 9.59 Å². The summed E-state index contributed by atoms with van der Waals surface area (Å²) in [7, 11) is 0. The van der Waals surface area contributed by atoms with E-state index in [1.807, 2.05) is 37.3 Å². The third-order valence-electron chi connectivity index (χ3n) is 4.66. The molecule has 1 saturated heterocycles. The molecule has 2 atom stereocenters. The van der Waals surface area contributed by atoms with E-state index in [2.05, 4.69) is 21.2 Å². The van der Waals surface area contributed by atoms with E-state index >= 15 is 0 Å². The van der Waals surface area contributed by atoms with Crippen molar-refractivity contribution in [2.75, 3.05) is 13.1 Å². The monoisotopic (exact) mass is 418 g/mol. The summed E-state index contributed by atoms with van der Waals surface area (Å²) in [4.78, 5) is 26.4. The van der Waals surface area contributed by atoms with Crippen LogP contribution in [-0.4, -0.2) is 29.8 Å². The minimum absolute atomic E-state index is 0.0151. The van der Waals surface area contributed by atoms with Gasteiger partial charge in [-0.25, -0.2) is 4.39 Å². The Balaban J connectivity index is 1.87. The lowest BCUT2D eigenvalue weighted by Crippen LogP contribution is -2.36. The second kappa shape index (κ2) is 7.99. The van der Waals surface area contributed by atoms with Crippen molar-refractivity contribution >= 4 is 27.7 Å². The zero-order chi connectivity index (χ0) is 18.7. The van der Waals surface area contributed by atoms with Crippen molar-refractivity contribution < 1.29 is 14.0 Å². The average Bonchev–Trinajstić information content (AvgIpc) is 3.02. The van der Waals surface area contributed by atoms with Crippen LogP contribution in [0.15, 0.2) is 53.0 Å². The second-order valence-electron chi connectivity index (χ2n) is 6.35. The number of hydrogen-bond acceptors (Lipinski definition) is 2. The minimum Gasteiger partial charge on any atom is -0.345 e. The summed E-state index contributed by atoms with van der Waals surface area (Å²) in [6.45, 7) is 2.89. The molecule has 0 aromatic heterocycles. The van der Waals surface area contributed by atoms with Crippen molar-refractivity contribution in [3.8, 4) is 0 Å². The van der Waals surface area contributed by atoms with Gasteiger partial charge in [-0.05, 0) is 24.6 Å². The molecule has 3 rings (SSSR count). The number of benzene rings is 2. The van der Waals surface area contributed by atoms with Gasteiger partial charge in [0.25, 0.3) is 0 Å². The number of hydrogen-bond donors (Lipinski definition) is 1. The van der Waals surface area contributed by atoms with Gasteiger partial charge >= 0.3 is 0 Å². The molecule has 1 fully saturated rings. The summed E-state index contributed by atoms with van der Waals surface area (Å²) in [5, 5.41) is 2.94. The summed E-state index contributed by atoms with van der Waals surface area (Å²) >= 11 is 3.26. The highest BCUT2D eigenvalue weighted by molar-refractivity contribution is 9.10. The molecule has 2 aromatic carbocycles. The maximum absolute atomic E-state index is 14.5. The fourth-order valence-corrected chi connectivity index (χ4v) is 3.57. The molecular weight excluding hydrogens is 399 g/mol. The van der Waals surface area contributed by atoms with E-state index in [0.717, 1.165) is 5.56 Å². The molecule has 0 saturated carbocycles. The van der Waals surface area contributed by atoms with Crippen molar-refractivity contribution in [2.24, 2.45) is 5.92 Å². The van der Waals surface area contributed by atoms with Gasteiger partial charge in [0.2, 0.25) is 11.8 Å². The Morgan fingerprint density at radius 1 is 1.31 bits per heavy atom. The molecule has 6 heteroatoms. The number of carbonyl (C=O) groups is 2. The number of carbonyl (C=O) groups excluding carboxylic acids is 2. The fraction of sp³-hybridized carbons (Fsp3) is 0.300.